The fourth-order valence-corrected chi connectivity index (χ4v) is 5.43. The molecule has 1 unspecified atom stereocenters. The summed E-state index contributed by atoms with van der Waals surface area (Å²) < 4.78 is 30.3. The average molecular weight is 381 g/mol. The van der Waals surface area contributed by atoms with Crippen molar-refractivity contribution in [1.29, 1.82) is 5.26 Å². The smallest absolute Gasteiger partial charge is 0.247 e. The molecule has 0 aromatic carbocycles. The lowest BCUT2D eigenvalue weighted by Crippen LogP contribution is -2.39. The minimum atomic E-state index is -3.18. The Morgan fingerprint density at radius 3 is 2.73 bits per heavy atom. The molecule has 0 bridgehead atoms. The number of nitrogens with zero attached hydrogens (tertiary/aromatic N) is 7. The van der Waals surface area contributed by atoms with E-state index in [1.54, 1.807) is 15.4 Å². The maximum Gasteiger partial charge on any atom is 0.247 e. The second-order valence-electron chi connectivity index (χ2n) is 6.54. The number of hydrogen-bond donors (Lipinski definition) is 2. The molecule has 1 aromatic heterocycles. The van der Waals surface area contributed by atoms with Crippen LogP contribution in [0.25, 0.3) is 0 Å². The largest absolute Gasteiger partial charge is 0.378 e. The van der Waals surface area contributed by atoms with E-state index in [0.717, 1.165) is 25.3 Å². The normalized spacial score (nSPS) is 27.6. The van der Waals surface area contributed by atoms with Gasteiger partial charge in [-0.25, -0.2) is 9.29 Å². The Labute approximate surface area is 154 Å². The van der Waals surface area contributed by atoms with E-state index >= 15 is 0 Å². The summed E-state index contributed by atoms with van der Waals surface area (Å²) in [5, 5.41) is 9.04. The van der Waals surface area contributed by atoms with Crippen LogP contribution in [0.4, 0.5) is 11.8 Å². The van der Waals surface area contributed by atoms with E-state index in [9.17, 15) is 9.11 Å². The van der Waals surface area contributed by atoms with Gasteiger partial charge in [0, 0.05) is 38.9 Å². The predicted molar refractivity (Wildman–Crippen MR) is 97.6 cm³/mol. The standard InChI is InChI=1S/C15H23N7O3S/c16-12-19-4-2-13(11-19)21-5-6-22(26(21,23)24)15-17-3-1-14(18-15)20-7-9-25-10-8-20/h1,3,13,23-24H,2,4-11H2. The van der Waals surface area contributed by atoms with E-state index in [4.69, 9.17) is 10.00 Å². The highest BCUT2D eigenvalue weighted by atomic mass is 32.3. The lowest BCUT2D eigenvalue weighted by molar-refractivity contribution is 0.122. The number of ether oxygens (including phenoxy) is 1. The summed E-state index contributed by atoms with van der Waals surface area (Å²) in [4.78, 5) is 12.6. The number of hydrogen-bond acceptors (Lipinski definition) is 10. The molecule has 26 heavy (non-hydrogen) atoms. The summed E-state index contributed by atoms with van der Waals surface area (Å²) in [7, 11) is -3.18. The number of likely N-dealkylation sites (tertiary alicyclic amines) is 1. The second kappa shape index (κ2) is 7.05. The van der Waals surface area contributed by atoms with Gasteiger partial charge in [0.05, 0.1) is 25.8 Å². The van der Waals surface area contributed by atoms with Gasteiger partial charge in [-0.2, -0.15) is 14.6 Å². The molecule has 3 aliphatic rings. The first-order chi connectivity index (χ1) is 12.6. The Balaban J connectivity index is 1.52. The Kier molecular flexibility index (Phi) is 4.76. The van der Waals surface area contributed by atoms with Crippen molar-refractivity contribution in [3.63, 3.8) is 0 Å². The topological polar surface area (TPSA) is 112 Å². The molecule has 0 amide bonds. The highest BCUT2D eigenvalue weighted by Gasteiger charge is 2.44. The van der Waals surface area contributed by atoms with Crippen LogP contribution in [0.1, 0.15) is 6.42 Å². The van der Waals surface area contributed by atoms with E-state index in [0.29, 0.717) is 45.3 Å². The number of nitriles is 1. The van der Waals surface area contributed by atoms with E-state index in [-0.39, 0.29) is 6.04 Å². The lowest BCUT2D eigenvalue weighted by Gasteiger charge is -2.44. The third kappa shape index (κ3) is 3.15. The quantitative estimate of drug-likeness (QED) is 0.721. The minimum absolute atomic E-state index is 0.0490. The zero-order chi connectivity index (χ0) is 18.1. The molecule has 0 saturated carbocycles. The minimum Gasteiger partial charge on any atom is -0.378 e. The fourth-order valence-electron chi connectivity index (χ4n) is 3.65. The Hall–Kier alpha value is -1.84. The van der Waals surface area contributed by atoms with Crippen LogP contribution in [0.15, 0.2) is 12.3 Å². The van der Waals surface area contributed by atoms with Crippen LogP contribution in [0, 0.1) is 11.5 Å². The second-order valence-corrected chi connectivity index (χ2v) is 8.43. The Morgan fingerprint density at radius 1 is 1.19 bits per heavy atom. The molecule has 3 saturated heterocycles. The highest BCUT2D eigenvalue weighted by molar-refractivity contribution is 8.23. The monoisotopic (exact) mass is 381 g/mol. The van der Waals surface area contributed by atoms with Gasteiger partial charge in [0.25, 0.3) is 0 Å². The molecule has 4 rings (SSSR count). The average Bonchev–Trinajstić information content (AvgIpc) is 3.26. The van der Waals surface area contributed by atoms with Crippen molar-refractivity contribution < 1.29 is 13.8 Å². The van der Waals surface area contributed by atoms with Gasteiger partial charge in [-0.3, -0.25) is 9.11 Å². The maximum absolute atomic E-state index is 10.9. The van der Waals surface area contributed by atoms with Crippen LogP contribution in [-0.2, 0) is 4.74 Å². The first kappa shape index (κ1) is 17.6. The van der Waals surface area contributed by atoms with E-state index in [1.165, 1.54) is 4.31 Å². The molecule has 4 heterocycles. The van der Waals surface area contributed by atoms with Gasteiger partial charge in [0.15, 0.2) is 6.19 Å². The first-order valence-corrected chi connectivity index (χ1v) is 10.2. The first-order valence-electron chi connectivity index (χ1n) is 8.73. The van der Waals surface area contributed by atoms with Crippen molar-refractivity contribution >= 4 is 22.7 Å². The van der Waals surface area contributed by atoms with Crippen molar-refractivity contribution in [2.75, 3.05) is 61.7 Å². The highest BCUT2D eigenvalue weighted by Crippen LogP contribution is 2.54. The van der Waals surface area contributed by atoms with Crippen LogP contribution >= 0.6 is 11.0 Å². The van der Waals surface area contributed by atoms with Crippen LogP contribution < -0.4 is 9.21 Å². The van der Waals surface area contributed by atoms with Crippen molar-refractivity contribution in [3.8, 4) is 6.19 Å². The summed E-state index contributed by atoms with van der Waals surface area (Å²) in [6, 6.07) is 1.78. The van der Waals surface area contributed by atoms with Gasteiger partial charge in [-0.15, -0.1) is 0 Å². The Bertz CT molecular complexity index is 694. The van der Waals surface area contributed by atoms with Crippen molar-refractivity contribution in [3.05, 3.63) is 12.3 Å². The number of rotatable bonds is 3. The van der Waals surface area contributed by atoms with Gasteiger partial charge in [-0.05, 0) is 23.4 Å². The van der Waals surface area contributed by atoms with Crippen LogP contribution in [0.2, 0.25) is 0 Å². The molecule has 11 heteroatoms. The Morgan fingerprint density at radius 2 is 2.00 bits per heavy atom. The fraction of sp³-hybridized carbons (Fsp3) is 0.667. The van der Waals surface area contributed by atoms with E-state index in [1.807, 2.05) is 6.07 Å². The summed E-state index contributed by atoms with van der Waals surface area (Å²) in [6.45, 7) is 4.95. The predicted octanol–water partition coefficient (Wildman–Crippen LogP) is 0.571. The third-order valence-corrected chi connectivity index (χ3v) is 7.08. The molecule has 1 atom stereocenters. The van der Waals surface area contributed by atoms with Crippen molar-refractivity contribution in [1.82, 2.24) is 19.2 Å². The SMILES string of the molecule is N#CN1CCC(N2CCN(c3nccc(N4CCOCC4)n3)S2(O)O)C1. The molecule has 0 radical (unpaired) electrons. The number of aromatic nitrogens is 2. The summed E-state index contributed by atoms with van der Waals surface area (Å²) >= 11 is 0. The molecule has 142 valence electrons. The zero-order valence-corrected chi connectivity index (χ0v) is 15.3. The van der Waals surface area contributed by atoms with Crippen molar-refractivity contribution in [2.45, 2.75) is 12.5 Å². The molecular weight excluding hydrogens is 358 g/mol. The molecule has 3 aliphatic heterocycles. The molecule has 0 aliphatic carbocycles. The van der Waals surface area contributed by atoms with Gasteiger partial charge >= 0.3 is 0 Å². The third-order valence-electron chi connectivity index (χ3n) is 5.03. The van der Waals surface area contributed by atoms with Gasteiger partial charge in [0.1, 0.15) is 5.82 Å². The van der Waals surface area contributed by atoms with E-state index in [2.05, 4.69) is 21.1 Å². The molecule has 1 aromatic rings. The molecule has 2 N–H and O–H groups in total. The molecular formula is C15H23N7O3S. The summed E-state index contributed by atoms with van der Waals surface area (Å²) in [5.41, 5.74) is 0. The zero-order valence-electron chi connectivity index (χ0n) is 14.4. The molecule has 3 fully saturated rings. The number of anilines is 2. The van der Waals surface area contributed by atoms with Gasteiger partial charge < -0.3 is 14.5 Å². The van der Waals surface area contributed by atoms with Gasteiger partial charge in [-0.1, -0.05) is 0 Å². The molecule has 10 nitrogen and oxygen atoms in total. The van der Waals surface area contributed by atoms with E-state index < -0.39 is 11.0 Å². The van der Waals surface area contributed by atoms with Crippen LogP contribution in [0.3, 0.4) is 0 Å². The lowest BCUT2D eigenvalue weighted by atomic mass is 10.2. The number of morpholine rings is 1. The van der Waals surface area contributed by atoms with Gasteiger partial charge in [0.2, 0.25) is 5.95 Å². The summed E-state index contributed by atoms with van der Waals surface area (Å²) in [5.74, 6) is 1.09. The molecule has 0 spiro atoms. The van der Waals surface area contributed by atoms with Crippen LogP contribution in [-0.4, -0.2) is 86.8 Å². The van der Waals surface area contributed by atoms with Crippen molar-refractivity contribution in [2.24, 2.45) is 0 Å². The summed E-state index contributed by atoms with van der Waals surface area (Å²) in [6.07, 6.45) is 4.52. The maximum atomic E-state index is 10.9. The van der Waals surface area contributed by atoms with Crippen LogP contribution in [0.5, 0.6) is 0 Å².